The number of carbonyl (C=O) groups excluding carboxylic acids is 3. The molecule has 4 fully saturated rings. The van der Waals surface area contributed by atoms with Gasteiger partial charge in [-0.05, 0) is 56.2 Å². The van der Waals surface area contributed by atoms with Crippen molar-refractivity contribution in [1.29, 1.82) is 0 Å². The molecule has 0 radical (unpaired) electrons. The van der Waals surface area contributed by atoms with Crippen LogP contribution in [0.1, 0.15) is 56.8 Å². The fraction of sp³-hybridized carbons (Fsp3) is 0.581. The number of benzene rings is 1. The van der Waals surface area contributed by atoms with E-state index in [0.29, 0.717) is 0 Å². The first-order valence-corrected chi connectivity index (χ1v) is 14.6. The zero-order chi connectivity index (χ0) is 31.3. The van der Waals surface area contributed by atoms with Crippen LogP contribution in [0.4, 0.5) is 14.5 Å². The van der Waals surface area contributed by atoms with Crippen molar-refractivity contribution in [1.82, 2.24) is 4.90 Å². The van der Waals surface area contributed by atoms with Crippen molar-refractivity contribution in [3.8, 4) is 0 Å². The third kappa shape index (κ3) is 3.74. The Morgan fingerprint density at radius 3 is 2.49 bits per heavy atom. The molecule has 1 heterocycles. The van der Waals surface area contributed by atoms with Gasteiger partial charge in [-0.1, -0.05) is 19.9 Å². The van der Waals surface area contributed by atoms with Gasteiger partial charge >= 0.3 is 5.97 Å². The molecule has 0 bridgehead atoms. The average molecular weight is 601 g/mol. The van der Waals surface area contributed by atoms with Crippen LogP contribution >= 0.6 is 0 Å². The number of amides is 1. The summed E-state index contributed by atoms with van der Waals surface area (Å²) in [5.41, 5.74) is -7.68. The van der Waals surface area contributed by atoms with E-state index < -0.39 is 80.5 Å². The number of aliphatic hydroxyl groups is 2. The second kappa shape index (κ2) is 9.41. The highest BCUT2D eigenvalue weighted by Gasteiger charge is 2.77. The van der Waals surface area contributed by atoms with E-state index in [2.05, 4.69) is 0 Å². The predicted molar refractivity (Wildman–Crippen MR) is 147 cm³/mol. The lowest BCUT2D eigenvalue weighted by molar-refractivity contribution is -0.384. The fourth-order valence-electron chi connectivity index (χ4n) is 9.03. The molecule has 1 aromatic carbocycles. The Balaban J connectivity index is 1.44. The zero-order valence-corrected chi connectivity index (χ0v) is 24.1. The number of hydrogen-bond acceptors (Lipinski definition) is 8. The smallest absolute Gasteiger partial charge is 0.339 e. The van der Waals surface area contributed by atoms with Gasteiger partial charge in [-0.3, -0.25) is 19.7 Å². The Labute approximate surface area is 246 Å². The number of likely N-dealkylation sites (tertiary alicyclic amines) is 1. The van der Waals surface area contributed by atoms with E-state index in [-0.39, 0.29) is 55.6 Å². The molecule has 5 aliphatic rings. The molecule has 1 aliphatic heterocycles. The van der Waals surface area contributed by atoms with Crippen LogP contribution in [0.25, 0.3) is 0 Å². The van der Waals surface area contributed by atoms with Gasteiger partial charge in [0.1, 0.15) is 17.6 Å². The van der Waals surface area contributed by atoms with E-state index >= 15 is 8.78 Å². The first kappa shape index (κ1) is 29.4. The summed E-state index contributed by atoms with van der Waals surface area (Å²) in [5.74, 6) is -5.04. The average Bonchev–Trinajstić information content (AvgIpc) is 3.16. The minimum absolute atomic E-state index is 0.0159. The van der Waals surface area contributed by atoms with Gasteiger partial charge in [0.15, 0.2) is 11.4 Å². The Morgan fingerprint density at radius 1 is 1.14 bits per heavy atom. The Kier molecular flexibility index (Phi) is 6.44. The van der Waals surface area contributed by atoms with Crippen LogP contribution in [-0.2, 0) is 14.3 Å². The number of fused-ring (bicyclic) bond motifs is 5. The highest BCUT2D eigenvalue weighted by Crippen LogP contribution is 2.72. The van der Waals surface area contributed by atoms with Gasteiger partial charge in [-0.15, -0.1) is 0 Å². The van der Waals surface area contributed by atoms with Crippen molar-refractivity contribution in [2.75, 3.05) is 13.1 Å². The van der Waals surface area contributed by atoms with Crippen LogP contribution in [0.2, 0.25) is 0 Å². The molecule has 1 amide bonds. The van der Waals surface area contributed by atoms with Crippen molar-refractivity contribution in [2.24, 2.45) is 28.6 Å². The third-order valence-electron chi connectivity index (χ3n) is 11.3. The standard InChI is InChI=1S/C31H34F2N2O8/c1-16-9-21-22-13-24(32)23-11-19(36)12-25(38)29(23,3)30(22,33)8-7-28(21,2)31(16,27(40)34-14-20(37)15-34)43-26(39)17-5-4-6-18(10-17)35(41)42/h4-6,10-12,16,20-22,24,36-37H,7-9,13-15H2,1-3H3/t16-,21+,22?,24+,28+,29?,30?,31+/m1/s1. The lowest BCUT2D eigenvalue weighted by Gasteiger charge is -2.61. The summed E-state index contributed by atoms with van der Waals surface area (Å²) in [5, 5.41) is 31.4. The number of carbonyl (C=O) groups is 3. The number of halogens is 2. The maximum atomic E-state index is 17.6. The minimum Gasteiger partial charge on any atom is -0.508 e. The number of nitro groups is 1. The highest BCUT2D eigenvalue weighted by molar-refractivity contribution is 6.01. The molecule has 4 aliphatic carbocycles. The Hall–Kier alpha value is -3.67. The lowest BCUT2D eigenvalue weighted by atomic mass is 9.44. The van der Waals surface area contributed by atoms with E-state index in [4.69, 9.17) is 4.74 Å². The van der Waals surface area contributed by atoms with Gasteiger partial charge in [0, 0.05) is 48.5 Å². The van der Waals surface area contributed by atoms with Crippen molar-refractivity contribution >= 4 is 23.3 Å². The zero-order valence-electron chi connectivity index (χ0n) is 24.1. The molecule has 0 spiro atoms. The monoisotopic (exact) mass is 600 g/mol. The highest BCUT2D eigenvalue weighted by atomic mass is 19.1. The van der Waals surface area contributed by atoms with E-state index in [9.17, 15) is 34.7 Å². The van der Waals surface area contributed by atoms with Crippen LogP contribution in [0.3, 0.4) is 0 Å². The van der Waals surface area contributed by atoms with Gasteiger partial charge in [0.25, 0.3) is 11.6 Å². The summed E-state index contributed by atoms with van der Waals surface area (Å²) in [7, 11) is 0. The summed E-state index contributed by atoms with van der Waals surface area (Å²) in [6.45, 7) is 4.87. The molecular weight excluding hydrogens is 566 g/mol. The molecule has 3 saturated carbocycles. The minimum atomic E-state index is -2.20. The number of ether oxygens (including phenoxy) is 1. The third-order valence-corrected chi connectivity index (χ3v) is 11.3. The van der Waals surface area contributed by atoms with Crippen LogP contribution in [0.5, 0.6) is 0 Å². The first-order valence-electron chi connectivity index (χ1n) is 14.6. The largest absolute Gasteiger partial charge is 0.508 e. The maximum absolute atomic E-state index is 17.6. The molecule has 1 aromatic rings. The van der Waals surface area contributed by atoms with Crippen molar-refractivity contribution in [2.45, 2.75) is 70.0 Å². The molecular formula is C31H34F2N2O8. The van der Waals surface area contributed by atoms with E-state index in [1.807, 2.05) is 0 Å². The normalized spacial score (nSPS) is 40.3. The second-order valence-electron chi connectivity index (χ2n) is 13.3. The van der Waals surface area contributed by atoms with E-state index in [1.54, 1.807) is 13.8 Å². The van der Waals surface area contributed by atoms with Crippen molar-refractivity contribution < 1.29 is 43.0 Å². The number of nitro benzene ring substituents is 1. The van der Waals surface area contributed by atoms with Crippen molar-refractivity contribution in [3.63, 3.8) is 0 Å². The van der Waals surface area contributed by atoms with Crippen LogP contribution in [0, 0.1) is 38.7 Å². The molecule has 230 valence electrons. The van der Waals surface area contributed by atoms with Gasteiger partial charge in [0.05, 0.1) is 22.0 Å². The molecule has 0 aromatic heterocycles. The second-order valence-corrected chi connectivity index (χ2v) is 13.3. The maximum Gasteiger partial charge on any atom is 0.339 e. The van der Waals surface area contributed by atoms with Gasteiger partial charge in [-0.25, -0.2) is 13.6 Å². The molecule has 3 unspecified atom stereocenters. The predicted octanol–water partition coefficient (Wildman–Crippen LogP) is 4.17. The number of alkyl halides is 2. The van der Waals surface area contributed by atoms with Crippen LogP contribution < -0.4 is 0 Å². The number of allylic oxidation sites excluding steroid dienone is 3. The van der Waals surface area contributed by atoms with Gasteiger partial charge in [-0.2, -0.15) is 0 Å². The number of β-amino-alcohol motifs (C(OH)–C–C–N with tert-alkyl or cyclic N) is 1. The lowest BCUT2D eigenvalue weighted by Crippen LogP contribution is -2.70. The number of non-ortho nitro benzene ring substituents is 1. The Morgan fingerprint density at radius 2 is 1.84 bits per heavy atom. The molecule has 43 heavy (non-hydrogen) atoms. The number of hydrogen-bond donors (Lipinski definition) is 2. The number of rotatable bonds is 4. The van der Waals surface area contributed by atoms with E-state index in [0.717, 1.165) is 18.2 Å². The number of nitrogens with zero attached hydrogens (tertiary/aromatic N) is 2. The van der Waals surface area contributed by atoms with Gasteiger partial charge < -0.3 is 19.8 Å². The molecule has 6 rings (SSSR count). The number of esters is 1. The fourth-order valence-corrected chi connectivity index (χ4v) is 9.03. The quantitative estimate of drug-likeness (QED) is 0.297. The van der Waals surface area contributed by atoms with Gasteiger partial charge in [0.2, 0.25) is 0 Å². The molecule has 10 nitrogen and oxygen atoms in total. The number of aliphatic hydroxyl groups excluding tert-OH is 2. The summed E-state index contributed by atoms with van der Waals surface area (Å²) < 4.78 is 39.6. The molecule has 2 N–H and O–H groups in total. The Bertz CT molecular complexity index is 1510. The van der Waals surface area contributed by atoms with Crippen molar-refractivity contribution in [3.05, 3.63) is 63.4 Å². The molecule has 12 heteroatoms. The topological polar surface area (TPSA) is 147 Å². The SMILES string of the molecule is C[C@@H]1C[C@H]2C3C[C@H](F)C4=CC(O)=CC(=O)C4(C)C3(F)CC[C@]2(C)[C@@]1(OC(=O)c1cccc([N+](=O)[O-])c1)C(=O)N1CC(O)C1. The first-order chi connectivity index (χ1) is 20.1. The molecule has 8 atom stereocenters. The van der Waals surface area contributed by atoms with E-state index in [1.165, 1.54) is 30.0 Å². The summed E-state index contributed by atoms with van der Waals surface area (Å²) in [6.07, 6.45) is -0.721. The number of ketones is 1. The molecule has 1 saturated heterocycles. The summed E-state index contributed by atoms with van der Waals surface area (Å²) in [6, 6.07) is 4.95. The summed E-state index contributed by atoms with van der Waals surface area (Å²) >= 11 is 0. The summed E-state index contributed by atoms with van der Waals surface area (Å²) in [4.78, 5) is 53.4. The van der Waals surface area contributed by atoms with Crippen LogP contribution in [-0.4, -0.2) is 74.3 Å². The van der Waals surface area contributed by atoms with Crippen LogP contribution in [0.15, 0.2) is 47.7 Å².